The van der Waals surface area contributed by atoms with Gasteiger partial charge in [-0.25, -0.2) is 0 Å². The SMILES string of the molecule is CNCC1CCCN(C(=O)C(Cc2ccccc2)NC(=O)c2cccs2)C1.Cl. The average Bonchev–Trinajstić information content (AvgIpc) is 3.23. The molecule has 152 valence electrons. The summed E-state index contributed by atoms with van der Waals surface area (Å²) in [6.07, 6.45) is 2.65. The molecule has 1 aliphatic rings. The van der Waals surface area contributed by atoms with Gasteiger partial charge in [0.15, 0.2) is 0 Å². The summed E-state index contributed by atoms with van der Waals surface area (Å²) in [4.78, 5) is 28.4. The van der Waals surface area contributed by atoms with Crippen LogP contribution in [0.15, 0.2) is 47.8 Å². The Morgan fingerprint density at radius 3 is 2.68 bits per heavy atom. The maximum absolute atomic E-state index is 13.3. The largest absolute Gasteiger partial charge is 0.341 e. The number of hydrogen-bond donors (Lipinski definition) is 2. The predicted octanol–water partition coefficient (Wildman–Crippen LogP) is 2.97. The molecule has 2 atom stereocenters. The van der Waals surface area contributed by atoms with Crippen molar-refractivity contribution in [3.63, 3.8) is 0 Å². The van der Waals surface area contributed by atoms with Crippen LogP contribution in [-0.4, -0.2) is 49.4 Å². The van der Waals surface area contributed by atoms with Gasteiger partial charge in [0.2, 0.25) is 5.91 Å². The summed E-state index contributed by atoms with van der Waals surface area (Å²) in [5.74, 6) is 0.311. The summed E-state index contributed by atoms with van der Waals surface area (Å²) in [5.41, 5.74) is 1.05. The van der Waals surface area contributed by atoms with Crippen molar-refractivity contribution in [1.29, 1.82) is 0 Å². The van der Waals surface area contributed by atoms with Crippen LogP contribution in [-0.2, 0) is 11.2 Å². The van der Waals surface area contributed by atoms with E-state index in [2.05, 4.69) is 10.6 Å². The Balaban J connectivity index is 0.00000280. The smallest absolute Gasteiger partial charge is 0.262 e. The number of thiophene rings is 1. The molecule has 2 heterocycles. The first kappa shape index (κ1) is 22.4. The van der Waals surface area contributed by atoms with Gasteiger partial charge in [0, 0.05) is 19.5 Å². The van der Waals surface area contributed by atoms with Crippen LogP contribution >= 0.6 is 23.7 Å². The van der Waals surface area contributed by atoms with Crippen molar-refractivity contribution >= 4 is 35.6 Å². The summed E-state index contributed by atoms with van der Waals surface area (Å²) < 4.78 is 0. The summed E-state index contributed by atoms with van der Waals surface area (Å²) in [6.45, 7) is 2.42. The molecule has 0 spiro atoms. The zero-order valence-electron chi connectivity index (χ0n) is 16.1. The van der Waals surface area contributed by atoms with E-state index in [0.717, 1.165) is 38.0 Å². The number of rotatable bonds is 7. The minimum atomic E-state index is -0.546. The number of amides is 2. The van der Waals surface area contributed by atoms with Crippen LogP contribution in [0.3, 0.4) is 0 Å². The number of piperidine rings is 1. The first-order valence-corrected chi connectivity index (χ1v) is 10.4. The molecule has 2 amide bonds. The standard InChI is InChI=1S/C21H27N3O2S.ClH/c1-22-14-17-9-5-11-24(15-17)21(26)18(13-16-7-3-2-4-8-16)23-20(25)19-10-6-12-27-19;/h2-4,6-8,10,12,17-18,22H,5,9,11,13-15H2,1H3,(H,23,25);1H. The number of halogens is 1. The van der Waals surface area contributed by atoms with Crippen LogP contribution in [0.1, 0.15) is 28.1 Å². The quantitative estimate of drug-likeness (QED) is 0.722. The third-order valence-electron chi connectivity index (χ3n) is 4.95. The van der Waals surface area contributed by atoms with Crippen LogP contribution in [0.5, 0.6) is 0 Å². The van der Waals surface area contributed by atoms with Gasteiger partial charge in [-0.1, -0.05) is 36.4 Å². The fourth-order valence-electron chi connectivity index (χ4n) is 3.63. The lowest BCUT2D eigenvalue weighted by molar-refractivity contribution is -0.135. The van der Waals surface area contributed by atoms with Gasteiger partial charge in [0.05, 0.1) is 4.88 Å². The summed E-state index contributed by atoms with van der Waals surface area (Å²) >= 11 is 1.39. The summed E-state index contributed by atoms with van der Waals surface area (Å²) in [6, 6.07) is 13.0. The second-order valence-corrected chi connectivity index (χ2v) is 7.99. The monoisotopic (exact) mass is 421 g/mol. The zero-order valence-corrected chi connectivity index (χ0v) is 17.7. The van der Waals surface area contributed by atoms with Crippen LogP contribution < -0.4 is 10.6 Å². The van der Waals surface area contributed by atoms with Crippen molar-refractivity contribution < 1.29 is 9.59 Å². The van der Waals surface area contributed by atoms with Gasteiger partial charge in [-0.05, 0) is 49.4 Å². The third-order valence-corrected chi connectivity index (χ3v) is 5.82. The second-order valence-electron chi connectivity index (χ2n) is 7.04. The fourth-order valence-corrected chi connectivity index (χ4v) is 4.25. The highest BCUT2D eigenvalue weighted by Crippen LogP contribution is 2.18. The maximum Gasteiger partial charge on any atom is 0.262 e. The molecule has 7 heteroatoms. The minimum absolute atomic E-state index is 0. The van der Waals surface area contributed by atoms with Crippen LogP contribution in [0, 0.1) is 5.92 Å². The Bertz CT molecular complexity index is 737. The molecule has 2 N–H and O–H groups in total. The van der Waals surface area contributed by atoms with E-state index in [0.29, 0.717) is 17.2 Å². The molecule has 0 saturated carbocycles. The van der Waals surface area contributed by atoms with Crippen molar-refractivity contribution in [2.24, 2.45) is 5.92 Å². The van der Waals surface area contributed by atoms with E-state index >= 15 is 0 Å². The Hall–Kier alpha value is -1.89. The van der Waals surface area contributed by atoms with Gasteiger partial charge in [-0.2, -0.15) is 0 Å². The zero-order chi connectivity index (χ0) is 19.1. The number of nitrogens with one attached hydrogen (secondary N) is 2. The van der Waals surface area contributed by atoms with Gasteiger partial charge in [0.25, 0.3) is 5.91 Å². The van der Waals surface area contributed by atoms with E-state index in [1.165, 1.54) is 11.3 Å². The Kier molecular flexibility index (Phi) is 8.96. The normalized spacial score (nSPS) is 17.5. The number of hydrogen-bond acceptors (Lipinski definition) is 4. The lowest BCUT2D eigenvalue weighted by Gasteiger charge is -2.35. The lowest BCUT2D eigenvalue weighted by Crippen LogP contribution is -2.52. The van der Waals surface area contributed by atoms with Crippen LogP contribution in [0.25, 0.3) is 0 Å². The van der Waals surface area contributed by atoms with E-state index in [1.54, 1.807) is 6.07 Å². The summed E-state index contributed by atoms with van der Waals surface area (Å²) in [7, 11) is 1.94. The highest BCUT2D eigenvalue weighted by Gasteiger charge is 2.30. The topological polar surface area (TPSA) is 61.4 Å². The molecule has 0 aliphatic carbocycles. The molecule has 5 nitrogen and oxygen atoms in total. The molecule has 28 heavy (non-hydrogen) atoms. The van der Waals surface area contributed by atoms with Gasteiger partial charge in [0.1, 0.15) is 6.04 Å². The van der Waals surface area contributed by atoms with E-state index < -0.39 is 6.04 Å². The van der Waals surface area contributed by atoms with Gasteiger partial charge < -0.3 is 15.5 Å². The van der Waals surface area contributed by atoms with Crippen molar-refractivity contribution in [1.82, 2.24) is 15.5 Å². The lowest BCUT2D eigenvalue weighted by atomic mass is 9.96. The van der Waals surface area contributed by atoms with Crippen LogP contribution in [0.2, 0.25) is 0 Å². The Labute approximate surface area is 176 Å². The molecule has 1 saturated heterocycles. The maximum atomic E-state index is 13.3. The number of nitrogens with zero attached hydrogens (tertiary/aromatic N) is 1. The van der Waals surface area contributed by atoms with Gasteiger partial charge >= 0.3 is 0 Å². The Morgan fingerprint density at radius 1 is 1.21 bits per heavy atom. The number of benzene rings is 1. The van der Waals surface area contributed by atoms with Crippen LogP contribution in [0.4, 0.5) is 0 Å². The molecule has 2 unspecified atom stereocenters. The molecule has 1 aromatic carbocycles. The van der Waals surface area contributed by atoms with E-state index in [4.69, 9.17) is 0 Å². The van der Waals surface area contributed by atoms with Crippen molar-refractivity contribution in [2.45, 2.75) is 25.3 Å². The first-order valence-electron chi connectivity index (χ1n) is 9.49. The van der Waals surface area contributed by atoms with Gasteiger partial charge in [-0.3, -0.25) is 9.59 Å². The minimum Gasteiger partial charge on any atom is -0.341 e. The van der Waals surface area contributed by atoms with E-state index in [1.807, 2.05) is 53.7 Å². The molecule has 0 bridgehead atoms. The first-order chi connectivity index (χ1) is 13.2. The van der Waals surface area contributed by atoms with Crippen molar-refractivity contribution in [3.05, 3.63) is 58.3 Å². The average molecular weight is 422 g/mol. The second kappa shape index (κ2) is 11.2. The molecule has 0 radical (unpaired) electrons. The predicted molar refractivity (Wildman–Crippen MR) is 116 cm³/mol. The number of carbonyl (C=O) groups is 2. The molecule has 2 aromatic rings. The Morgan fingerprint density at radius 2 is 2.00 bits per heavy atom. The fraction of sp³-hybridized carbons (Fsp3) is 0.429. The molecule has 1 aromatic heterocycles. The molecular formula is C21H28ClN3O2S. The molecule has 1 aliphatic heterocycles. The molecule has 3 rings (SSSR count). The highest BCUT2D eigenvalue weighted by molar-refractivity contribution is 7.12. The van der Waals surface area contributed by atoms with Crippen molar-refractivity contribution in [3.8, 4) is 0 Å². The van der Waals surface area contributed by atoms with Gasteiger partial charge in [-0.15, -0.1) is 23.7 Å². The van der Waals surface area contributed by atoms with E-state index in [9.17, 15) is 9.59 Å². The van der Waals surface area contributed by atoms with Crippen molar-refractivity contribution in [2.75, 3.05) is 26.7 Å². The molecular weight excluding hydrogens is 394 g/mol. The highest BCUT2D eigenvalue weighted by atomic mass is 35.5. The number of likely N-dealkylation sites (tertiary alicyclic amines) is 1. The summed E-state index contributed by atoms with van der Waals surface area (Å²) in [5, 5.41) is 8.06. The third kappa shape index (κ3) is 6.06. The number of carbonyl (C=O) groups excluding carboxylic acids is 2. The molecule has 1 fully saturated rings. The van der Waals surface area contributed by atoms with E-state index in [-0.39, 0.29) is 24.2 Å².